The van der Waals surface area contributed by atoms with Gasteiger partial charge in [0.05, 0.1) is 18.0 Å². The molecule has 100 valence electrons. The maximum absolute atomic E-state index is 13.1. The summed E-state index contributed by atoms with van der Waals surface area (Å²) in [5, 5.41) is 4.26. The number of esters is 1. The molecule has 0 aliphatic carbocycles. The summed E-state index contributed by atoms with van der Waals surface area (Å²) in [5.74, 6) is -0.766. The molecule has 0 unspecified atom stereocenters. The average Bonchev–Trinajstić information content (AvgIpc) is 2.71. The van der Waals surface area contributed by atoms with E-state index in [0.29, 0.717) is 27.3 Å². The Kier molecular flexibility index (Phi) is 4.18. The Morgan fingerprint density at radius 2 is 2.21 bits per heavy atom. The third-order valence-corrected chi connectivity index (χ3v) is 3.32. The number of carbonyl (C=O) groups excluding carboxylic acids is 1. The van der Waals surface area contributed by atoms with Crippen molar-refractivity contribution in [3.63, 3.8) is 0 Å². The smallest absolute Gasteiger partial charge is 0.357 e. The van der Waals surface area contributed by atoms with E-state index in [1.807, 2.05) is 22.6 Å². The fourth-order valence-corrected chi connectivity index (χ4v) is 2.39. The number of rotatable bonds is 3. The normalized spacial score (nSPS) is 10.5. The molecule has 2 aromatic rings. The Morgan fingerprint density at radius 1 is 1.47 bits per heavy atom. The molecule has 4 nitrogen and oxygen atoms in total. The van der Waals surface area contributed by atoms with Crippen LogP contribution in [0.2, 0.25) is 0 Å². The van der Waals surface area contributed by atoms with Crippen molar-refractivity contribution in [1.82, 2.24) is 9.78 Å². The zero-order valence-corrected chi connectivity index (χ0v) is 12.6. The van der Waals surface area contributed by atoms with E-state index in [9.17, 15) is 9.18 Å². The first-order chi connectivity index (χ1) is 9.02. The van der Waals surface area contributed by atoms with Crippen molar-refractivity contribution >= 4 is 28.6 Å². The number of nitrogens with zero attached hydrogens (tertiary/aromatic N) is 2. The van der Waals surface area contributed by atoms with E-state index in [2.05, 4.69) is 5.10 Å². The molecular weight excluding hydrogens is 362 g/mol. The van der Waals surface area contributed by atoms with Crippen LogP contribution >= 0.6 is 22.6 Å². The molecule has 0 N–H and O–H groups in total. The molecule has 0 saturated carbocycles. The highest BCUT2D eigenvalue weighted by atomic mass is 127. The topological polar surface area (TPSA) is 44.1 Å². The first-order valence-corrected chi connectivity index (χ1v) is 6.80. The molecule has 0 amide bonds. The molecule has 0 fully saturated rings. The van der Waals surface area contributed by atoms with Gasteiger partial charge in [0.25, 0.3) is 0 Å². The lowest BCUT2D eigenvalue weighted by molar-refractivity contribution is 0.0515. The van der Waals surface area contributed by atoms with Crippen LogP contribution in [-0.4, -0.2) is 22.4 Å². The van der Waals surface area contributed by atoms with Crippen LogP contribution in [0.4, 0.5) is 4.39 Å². The Bertz CT molecular complexity index is 625. The largest absolute Gasteiger partial charge is 0.461 e. The number of ether oxygens (including phenoxy) is 1. The van der Waals surface area contributed by atoms with Gasteiger partial charge in [-0.2, -0.15) is 5.10 Å². The van der Waals surface area contributed by atoms with Gasteiger partial charge in [-0.1, -0.05) is 0 Å². The highest BCUT2D eigenvalue weighted by Gasteiger charge is 2.18. The summed E-state index contributed by atoms with van der Waals surface area (Å²) >= 11 is 2.01. The minimum atomic E-state index is -0.441. The number of hydrogen-bond donors (Lipinski definition) is 0. The number of aryl methyl sites for hydroxylation is 1. The lowest BCUT2D eigenvalue weighted by atomic mass is 10.3. The van der Waals surface area contributed by atoms with E-state index in [1.165, 1.54) is 16.8 Å². The first kappa shape index (κ1) is 14.0. The van der Waals surface area contributed by atoms with Gasteiger partial charge in [0.1, 0.15) is 5.82 Å². The second-order valence-corrected chi connectivity index (χ2v) is 5.06. The molecule has 0 aliphatic heterocycles. The van der Waals surface area contributed by atoms with E-state index in [0.717, 1.165) is 0 Å². The van der Waals surface area contributed by atoms with Gasteiger partial charge in [-0.15, -0.1) is 0 Å². The van der Waals surface area contributed by atoms with Gasteiger partial charge in [-0.3, -0.25) is 0 Å². The maximum atomic E-state index is 13.1. The molecule has 6 heteroatoms. The van der Waals surface area contributed by atoms with Crippen LogP contribution < -0.4 is 0 Å². The van der Waals surface area contributed by atoms with Crippen molar-refractivity contribution in [1.29, 1.82) is 0 Å². The molecule has 0 bridgehead atoms. The van der Waals surface area contributed by atoms with E-state index >= 15 is 0 Å². The fraction of sp³-hybridized carbons (Fsp3) is 0.231. The van der Waals surface area contributed by atoms with Crippen LogP contribution in [0.15, 0.2) is 24.3 Å². The van der Waals surface area contributed by atoms with E-state index < -0.39 is 5.97 Å². The van der Waals surface area contributed by atoms with Gasteiger partial charge in [-0.05, 0) is 60.7 Å². The van der Waals surface area contributed by atoms with Crippen LogP contribution in [0.25, 0.3) is 5.69 Å². The predicted molar refractivity (Wildman–Crippen MR) is 76.9 cm³/mol. The van der Waals surface area contributed by atoms with Crippen molar-refractivity contribution in [3.05, 3.63) is 45.0 Å². The van der Waals surface area contributed by atoms with Crippen molar-refractivity contribution < 1.29 is 13.9 Å². The lowest BCUT2D eigenvalue weighted by Gasteiger charge is -2.08. The standard InChI is InChI=1S/C13H12FIN2O2/c1-3-19-13(18)12-6-8(2)16-17(12)11-5-4-9(14)7-10(11)15/h4-7H,3H2,1-2H3. The second-order valence-electron chi connectivity index (χ2n) is 3.90. The molecule has 0 spiro atoms. The molecule has 1 aromatic heterocycles. The highest BCUT2D eigenvalue weighted by molar-refractivity contribution is 14.1. The highest BCUT2D eigenvalue weighted by Crippen LogP contribution is 2.20. The summed E-state index contributed by atoms with van der Waals surface area (Å²) in [6.07, 6.45) is 0. The average molecular weight is 374 g/mol. The van der Waals surface area contributed by atoms with Gasteiger partial charge in [0, 0.05) is 3.57 Å². The Labute approximate surface area is 123 Å². The van der Waals surface area contributed by atoms with Crippen molar-refractivity contribution in [2.45, 2.75) is 13.8 Å². The van der Waals surface area contributed by atoms with Gasteiger partial charge >= 0.3 is 5.97 Å². The maximum Gasteiger partial charge on any atom is 0.357 e. The minimum Gasteiger partial charge on any atom is -0.461 e. The molecular formula is C13H12FIN2O2. The molecule has 0 atom stereocenters. The summed E-state index contributed by atoms with van der Waals surface area (Å²) in [7, 11) is 0. The van der Waals surface area contributed by atoms with Gasteiger partial charge < -0.3 is 4.74 Å². The Balaban J connectivity index is 2.52. The van der Waals surface area contributed by atoms with Crippen LogP contribution in [0.5, 0.6) is 0 Å². The summed E-state index contributed by atoms with van der Waals surface area (Å²) in [4.78, 5) is 11.9. The molecule has 1 heterocycles. The Morgan fingerprint density at radius 3 is 2.84 bits per heavy atom. The van der Waals surface area contributed by atoms with Crippen LogP contribution in [0.3, 0.4) is 0 Å². The molecule has 1 aromatic carbocycles. The van der Waals surface area contributed by atoms with Crippen molar-refractivity contribution in [2.75, 3.05) is 6.61 Å². The summed E-state index contributed by atoms with van der Waals surface area (Å²) in [6, 6.07) is 5.97. The third-order valence-electron chi connectivity index (χ3n) is 2.45. The summed E-state index contributed by atoms with van der Waals surface area (Å²) in [6.45, 7) is 3.83. The second kappa shape index (κ2) is 5.68. The zero-order valence-electron chi connectivity index (χ0n) is 10.5. The van der Waals surface area contributed by atoms with Gasteiger partial charge in [0.15, 0.2) is 5.69 Å². The Hall–Kier alpha value is -1.44. The molecule has 2 rings (SSSR count). The number of hydrogen-bond acceptors (Lipinski definition) is 3. The van der Waals surface area contributed by atoms with E-state index in [1.54, 1.807) is 26.0 Å². The fourth-order valence-electron chi connectivity index (χ4n) is 1.69. The SMILES string of the molecule is CCOC(=O)c1cc(C)nn1-c1ccc(F)cc1I. The van der Waals surface area contributed by atoms with Crippen LogP contribution in [0, 0.1) is 16.3 Å². The monoisotopic (exact) mass is 374 g/mol. The molecule has 0 saturated heterocycles. The number of aromatic nitrogens is 2. The predicted octanol–water partition coefficient (Wildman–Crippen LogP) is 3.10. The van der Waals surface area contributed by atoms with Gasteiger partial charge in [0.2, 0.25) is 0 Å². The summed E-state index contributed by atoms with van der Waals surface area (Å²) in [5.41, 5.74) is 1.69. The van der Waals surface area contributed by atoms with E-state index in [4.69, 9.17) is 4.74 Å². The van der Waals surface area contributed by atoms with Crippen molar-refractivity contribution in [2.24, 2.45) is 0 Å². The number of benzene rings is 1. The summed E-state index contributed by atoms with van der Waals surface area (Å²) < 4.78 is 20.3. The number of halogens is 2. The first-order valence-electron chi connectivity index (χ1n) is 5.72. The minimum absolute atomic E-state index is 0.295. The molecule has 19 heavy (non-hydrogen) atoms. The lowest BCUT2D eigenvalue weighted by Crippen LogP contribution is -2.12. The third kappa shape index (κ3) is 2.94. The van der Waals surface area contributed by atoms with E-state index in [-0.39, 0.29) is 5.82 Å². The van der Waals surface area contributed by atoms with Gasteiger partial charge in [-0.25, -0.2) is 13.9 Å². The molecule has 0 aliphatic rings. The number of carbonyl (C=O) groups is 1. The quantitative estimate of drug-likeness (QED) is 0.613. The van der Waals surface area contributed by atoms with Crippen LogP contribution in [0.1, 0.15) is 23.1 Å². The van der Waals surface area contributed by atoms with Crippen LogP contribution in [-0.2, 0) is 4.74 Å². The zero-order chi connectivity index (χ0) is 14.0. The molecule has 0 radical (unpaired) electrons. The van der Waals surface area contributed by atoms with Crippen molar-refractivity contribution in [3.8, 4) is 5.69 Å².